The van der Waals surface area contributed by atoms with Crippen LogP contribution in [0.1, 0.15) is 47.2 Å². The number of nitrogens with zero attached hydrogens (tertiary/aromatic N) is 2. The summed E-state index contributed by atoms with van der Waals surface area (Å²) < 4.78 is 0. The number of fused-ring (bicyclic) bond motifs is 2. The predicted octanol–water partition coefficient (Wildman–Crippen LogP) is -0.500. The molecule has 3 atom stereocenters. The third kappa shape index (κ3) is 3.83. The second-order valence-electron chi connectivity index (χ2n) is 8.85. The van der Waals surface area contributed by atoms with Crippen molar-refractivity contribution in [3.63, 3.8) is 0 Å². The molecule has 5 rings (SSSR count). The van der Waals surface area contributed by atoms with E-state index in [1.165, 1.54) is 0 Å². The summed E-state index contributed by atoms with van der Waals surface area (Å²) in [7, 11) is 0. The van der Waals surface area contributed by atoms with Gasteiger partial charge in [0.05, 0.1) is 6.04 Å². The first-order chi connectivity index (χ1) is 15.0. The van der Waals surface area contributed by atoms with E-state index in [1.807, 2.05) is 18.2 Å². The van der Waals surface area contributed by atoms with Crippen molar-refractivity contribution in [2.24, 2.45) is 0 Å². The van der Waals surface area contributed by atoms with Crippen LogP contribution in [-0.2, 0) is 27.5 Å². The van der Waals surface area contributed by atoms with Gasteiger partial charge < -0.3 is 15.5 Å². The molecule has 3 N–H and O–H groups in total. The highest BCUT2D eigenvalue weighted by Gasteiger charge is 2.40. The number of hydrogen-bond acceptors (Lipinski definition) is 6. The number of benzene rings is 1. The van der Waals surface area contributed by atoms with E-state index in [9.17, 15) is 19.2 Å². The van der Waals surface area contributed by atoms with Gasteiger partial charge in [0.1, 0.15) is 6.04 Å². The van der Waals surface area contributed by atoms with Crippen molar-refractivity contribution in [1.82, 2.24) is 25.8 Å². The molecule has 0 saturated carbocycles. The Labute approximate surface area is 180 Å². The number of carbonyl (C=O) groups is 4. The molecule has 4 heterocycles. The van der Waals surface area contributed by atoms with Crippen LogP contribution in [0.3, 0.4) is 0 Å². The minimum atomic E-state index is -0.603. The van der Waals surface area contributed by atoms with Gasteiger partial charge in [-0.2, -0.15) is 0 Å². The van der Waals surface area contributed by atoms with E-state index < -0.39 is 11.9 Å². The van der Waals surface area contributed by atoms with Crippen molar-refractivity contribution >= 4 is 23.6 Å². The SMILES string of the molecule is O=C1CCC(N2Cc3c(CN4CC[C@@H]5NCCC(=O)N[C@@H]5C4)cccc3C2=O)C(=O)N1. The first-order valence-corrected chi connectivity index (χ1v) is 11.0. The van der Waals surface area contributed by atoms with Crippen LogP contribution >= 0.6 is 0 Å². The molecule has 9 heteroatoms. The molecule has 4 aliphatic rings. The highest BCUT2D eigenvalue weighted by Crippen LogP contribution is 2.31. The molecule has 0 aliphatic carbocycles. The van der Waals surface area contributed by atoms with Crippen molar-refractivity contribution in [2.45, 2.75) is 56.9 Å². The lowest BCUT2D eigenvalue weighted by molar-refractivity contribution is -0.137. The molecule has 0 radical (unpaired) electrons. The van der Waals surface area contributed by atoms with E-state index >= 15 is 0 Å². The van der Waals surface area contributed by atoms with Crippen molar-refractivity contribution in [1.29, 1.82) is 0 Å². The average molecular weight is 425 g/mol. The molecule has 164 valence electrons. The fourth-order valence-electron chi connectivity index (χ4n) is 5.24. The maximum Gasteiger partial charge on any atom is 0.255 e. The second-order valence-corrected chi connectivity index (χ2v) is 8.85. The second kappa shape index (κ2) is 8.05. The van der Waals surface area contributed by atoms with Crippen LogP contribution in [0, 0.1) is 0 Å². The maximum atomic E-state index is 13.0. The van der Waals surface area contributed by atoms with Gasteiger partial charge in [-0.15, -0.1) is 0 Å². The molecule has 31 heavy (non-hydrogen) atoms. The summed E-state index contributed by atoms with van der Waals surface area (Å²) >= 11 is 0. The van der Waals surface area contributed by atoms with E-state index in [0.717, 1.165) is 37.2 Å². The van der Waals surface area contributed by atoms with Crippen LogP contribution in [0.4, 0.5) is 0 Å². The molecule has 3 saturated heterocycles. The third-order valence-electron chi connectivity index (χ3n) is 6.87. The van der Waals surface area contributed by atoms with E-state index in [0.29, 0.717) is 37.5 Å². The van der Waals surface area contributed by atoms with E-state index in [2.05, 4.69) is 20.9 Å². The van der Waals surface area contributed by atoms with Crippen LogP contribution in [0.15, 0.2) is 18.2 Å². The molecule has 4 aliphatic heterocycles. The Kier molecular flexibility index (Phi) is 5.23. The van der Waals surface area contributed by atoms with Gasteiger partial charge in [-0.05, 0) is 30.0 Å². The standard InChI is InChI=1S/C22H27N5O4/c28-19-5-4-18(21(30)25-19)27-11-15-13(2-1-3-14(15)22(27)31)10-26-9-7-16-17(12-26)24-20(29)6-8-23-16/h1-3,16-18,23H,4-12H2,(H,24,29)(H,25,28,30)/t16-,17+,18?/m0/s1. The van der Waals surface area contributed by atoms with Crippen molar-refractivity contribution in [3.8, 4) is 0 Å². The normalized spacial score (nSPS) is 29.2. The molecule has 9 nitrogen and oxygen atoms in total. The smallest absolute Gasteiger partial charge is 0.255 e. The Morgan fingerprint density at radius 2 is 1.87 bits per heavy atom. The van der Waals surface area contributed by atoms with Gasteiger partial charge in [0.15, 0.2) is 0 Å². The Morgan fingerprint density at radius 3 is 2.71 bits per heavy atom. The van der Waals surface area contributed by atoms with Gasteiger partial charge in [-0.3, -0.25) is 29.4 Å². The molecule has 0 bridgehead atoms. The van der Waals surface area contributed by atoms with E-state index in [1.54, 1.807) is 4.90 Å². The Morgan fingerprint density at radius 1 is 1.00 bits per heavy atom. The van der Waals surface area contributed by atoms with Gasteiger partial charge in [0, 0.05) is 57.2 Å². The fourth-order valence-corrected chi connectivity index (χ4v) is 5.24. The monoisotopic (exact) mass is 425 g/mol. The Hall–Kier alpha value is -2.78. The van der Waals surface area contributed by atoms with Gasteiger partial charge in [-0.1, -0.05) is 12.1 Å². The Balaban J connectivity index is 1.31. The highest BCUT2D eigenvalue weighted by atomic mass is 16.2. The van der Waals surface area contributed by atoms with Crippen LogP contribution in [0.25, 0.3) is 0 Å². The number of likely N-dealkylation sites (tertiary alicyclic amines) is 1. The summed E-state index contributed by atoms with van der Waals surface area (Å²) in [6, 6.07) is 5.52. The summed E-state index contributed by atoms with van der Waals surface area (Å²) in [4.78, 5) is 52.7. The third-order valence-corrected chi connectivity index (χ3v) is 6.87. The molecule has 0 spiro atoms. The number of carbonyl (C=O) groups excluding carboxylic acids is 4. The van der Waals surface area contributed by atoms with Gasteiger partial charge in [0.2, 0.25) is 17.7 Å². The molecular weight excluding hydrogens is 398 g/mol. The van der Waals surface area contributed by atoms with Crippen LogP contribution < -0.4 is 16.0 Å². The molecular formula is C22H27N5O4. The quantitative estimate of drug-likeness (QED) is 0.563. The molecule has 1 unspecified atom stereocenters. The molecule has 0 aromatic heterocycles. The minimum absolute atomic E-state index is 0.0853. The summed E-state index contributed by atoms with van der Waals surface area (Å²) in [5.74, 6) is -0.731. The lowest BCUT2D eigenvalue weighted by Gasteiger charge is -2.38. The first-order valence-electron chi connectivity index (χ1n) is 11.0. The number of nitrogens with one attached hydrogen (secondary N) is 3. The number of hydrogen-bond donors (Lipinski definition) is 3. The molecule has 1 aromatic rings. The topological polar surface area (TPSA) is 111 Å². The van der Waals surface area contributed by atoms with E-state index in [-0.39, 0.29) is 30.2 Å². The van der Waals surface area contributed by atoms with Crippen LogP contribution in [-0.4, -0.2) is 71.2 Å². The summed E-state index contributed by atoms with van der Waals surface area (Å²) in [6.07, 6.45) is 2.08. The average Bonchev–Trinajstić information content (AvgIpc) is 2.95. The predicted molar refractivity (Wildman–Crippen MR) is 111 cm³/mol. The minimum Gasteiger partial charge on any atom is -0.350 e. The zero-order valence-corrected chi connectivity index (χ0v) is 17.4. The van der Waals surface area contributed by atoms with Gasteiger partial charge in [0.25, 0.3) is 5.91 Å². The molecule has 4 amide bonds. The summed E-state index contributed by atoms with van der Waals surface area (Å²) in [6.45, 7) is 3.47. The molecule has 3 fully saturated rings. The first kappa shape index (κ1) is 20.1. The van der Waals surface area contributed by atoms with E-state index in [4.69, 9.17) is 0 Å². The summed E-state index contributed by atoms with van der Waals surface area (Å²) in [5.41, 5.74) is 2.68. The highest BCUT2D eigenvalue weighted by molar-refractivity contribution is 6.05. The Bertz CT molecular complexity index is 948. The largest absolute Gasteiger partial charge is 0.350 e. The zero-order chi connectivity index (χ0) is 21.5. The number of piperidine rings is 2. The number of amides is 4. The van der Waals surface area contributed by atoms with Crippen LogP contribution in [0.2, 0.25) is 0 Å². The zero-order valence-electron chi connectivity index (χ0n) is 17.4. The number of imide groups is 1. The van der Waals surface area contributed by atoms with Crippen molar-refractivity contribution in [3.05, 3.63) is 34.9 Å². The van der Waals surface area contributed by atoms with Crippen molar-refractivity contribution in [2.75, 3.05) is 19.6 Å². The fraction of sp³-hybridized carbons (Fsp3) is 0.545. The van der Waals surface area contributed by atoms with Gasteiger partial charge in [-0.25, -0.2) is 0 Å². The van der Waals surface area contributed by atoms with Crippen LogP contribution in [0.5, 0.6) is 0 Å². The summed E-state index contributed by atoms with van der Waals surface area (Å²) in [5, 5.41) is 8.96. The lowest BCUT2D eigenvalue weighted by atomic mass is 9.97. The molecule has 1 aromatic carbocycles. The maximum absolute atomic E-state index is 13.0. The number of rotatable bonds is 3. The van der Waals surface area contributed by atoms with Crippen molar-refractivity contribution < 1.29 is 19.2 Å². The van der Waals surface area contributed by atoms with Gasteiger partial charge >= 0.3 is 0 Å². The lowest BCUT2D eigenvalue weighted by Crippen LogP contribution is -2.57.